The van der Waals surface area contributed by atoms with Crippen molar-refractivity contribution in [3.05, 3.63) is 23.8 Å². The van der Waals surface area contributed by atoms with Crippen LogP contribution in [0.2, 0.25) is 0 Å². The van der Waals surface area contributed by atoms with E-state index in [1.165, 1.54) is 6.92 Å². The van der Waals surface area contributed by atoms with Gasteiger partial charge in [0.25, 0.3) is 0 Å². The summed E-state index contributed by atoms with van der Waals surface area (Å²) in [6.07, 6.45) is 0.329. The van der Waals surface area contributed by atoms with Crippen LogP contribution in [0.5, 0.6) is 11.5 Å². The summed E-state index contributed by atoms with van der Waals surface area (Å²) in [5.41, 5.74) is 6.76. The highest BCUT2D eigenvalue weighted by Gasteiger charge is 2.11. The van der Waals surface area contributed by atoms with E-state index in [0.717, 1.165) is 5.56 Å². The van der Waals surface area contributed by atoms with Gasteiger partial charge >= 0.3 is 0 Å². The molecule has 2 N–H and O–H groups in total. The molecule has 0 radical (unpaired) electrons. The second-order valence-corrected chi connectivity index (χ2v) is 3.63. The largest absolute Gasteiger partial charge is 0.493 e. The second kappa shape index (κ2) is 7.14. The van der Waals surface area contributed by atoms with Gasteiger partial charge in [-0.1, -0.05) is 6.07 Å². The van der Waals surface area contributed by atoms with Crippen LogP contribution in [-0.2, 0) is 4.79 Å². The van der Waals surface area contributed by atoms with Crippen molar-refractivity contribution < 1.29 is 14.3 Å². The molecule has 0 bridgehead atoms. The number of hydrogen-bond donors (Lipinski definition) is 1. The van der Waals surface area contributed by atoms with Gasteiger partial charge in [-0.05, 0) is 24.6 Å². The predicted molar refractivity (Wildman–Crippen MR) is 69.0 cm³/mol. The Hall–Kier alpha value is -1.26. The number of Topliss-reactive ketones (excluding diaryl/α,β-unsaturated/α-hetero) is 1. The molecule has 96 valence electrons. The Morgan fingerprint density at radius 2 is 1.88 bits per heavy atom. The van der Waals surface area contributed by atoms with Crippen molar-refractivity contribution in [1.82, 2.24) is 0 Å². The minimum atomic E-state index is -0.294. The van der Waals surface area contributed by atoms with Gasteiger partial charge in [-0.3, -0.25) is 4.79 Å². The van der Waals surface area contributed by atoms with E-state index >= 15 is 0 Å². The van der Waals surface area contributed by atoms with Gasteiger partial charge < -0.3 is 15.2 Å². The summed E-state index contributed by atoms with van der Waals surface area (Å²) in [7, 11) is 3.14. The zero-order valence-corrected chi connectivity index (χ0v) is 11.0. The molecule has 0 amide bonds. The molecule has 0 spiro atoms. The number of methoxy groups -OCH3 is 2. The first-order chi connectivity index (χ1) is 7.58. The maximum absolute atomic E-state index is 11.0. The zero-order valence-electron chi connectivity index (χ0n) is 10.2. The molecule has 4 nitrogen and oxygen atoms in total. The van der Waals surface area contributed by atoms with Gasteiger partial charge in [0.1, 0.15) is 5.78 Å². The van der Waals surface area contributed by atoms with Gasteiger partial charge in [-0.2, -0.15) is 0 Å². The van der Waals surface area contributed by atoms with Crippen molar-refractivity contribution >= 4 is 18.2 Å². The van der Waals surface area contributed by atoms with Crippen molar-refractivity contribution in [2.75, 3.05) is 14.2 Å². The second-order valence-electron chi connectivity index (χ2n) is 3.63. The van der Waals surface area contributed by atoms with E-state index in [4.69, 9.17) is 15.2 Å². The molecule has 17 heavy (non-hydrogen) atoms. The third kappa shape index (κ3) is 4.24. The molecule has 1 rings (SSSR count). The number of nitrogens with two attached hydrogens (primary N) is 1. The van der Waals surface area contributed by atoms with Crippen molar-refractivity contribution in [2.45, 2.75) is 19.4 Å². The monoisotopic (exact) mass is 259 g/mol. The number of hydrogen-bond acceptors (Lipinski definition) is 4. The van der Waals surface area contributed by atoms with Crippen molar-refractivity contribution in [1.29, 1.82) is 0 Å². The molecule has 1 atom stereocenters. The first-order valence-electron chi connectivity index (χ1n) is 5.05. The first-order valence-corrected chi connectivity index (χ1v) is 5.05. The van der Waals surface area contributed by atoms with Crippen LogP contribution in [0.25, 0.3) is 0 Å². The number of benzene rings is 1. The molecule has 0 fully saturated rings. The van der Waals surface area contributed by atoms with Crippen LogP contribution in [0.4, 0.5) is 0 Å². The van der Waals surface area contributed by atoms with Gasteiger partial charge in [0, 0.05) is 12.5 Å². The van der Waals surface area contributed by atoms with Crippen molar-refractivity contribution in [3.63, 3.8) is 0 Å². The quantitative estimate of drug-likeness (QED) is 0.880. The fourth-order valence-electron chi connectivity index (χ4n) is 1.51. The maximum atomic E-state index is 11.0. The van der Waals surface area contributed by atoms with Gasteiger partial charge in [0.15, 0.2) is 11.5 Å². The van der Waals surface area contributed by atoms with E-state index in [1.54, 1.807) is 26.4 Å². The Morgan fingerprint density at radius 1 is 1.29 bits per heavy atom. The van der Waals surface area contributed by atoms with Gasteiger partial charge in [0.2, 0.25) is 0 Å². The number of halogens is 1. The first kappa shape index (κ1) is 15.7. The summed E-state index contributed by atoms with van der Waals surface area (Å²) in [6.45, 7) is 1.53. The number of ketones is 1. The minimum Gasteiger partial charge on any atom is -0.493 e. The van der Waals surface area contributed by atoms with E-state index in [9.17, 15) is 4.79 Å². The standard InChI is InChI=1S/C12H17NO3.ClH/c1-8(14)6-10(13)9-4-5-11(15-2)12(7-9)16-3;/h4-5,7,10H,6,13H2,1-3H3;1H/t10-;/m1./s1. The molecule has 0 aliphatic carbocycles. The van der Waals surface area contributed by atoms with E-state index in [0.29, 0.717) is 17.9 Å². The average Bonchev–Trinajstić information content (AvgIpc) is 2.27. The van der Waals surface area contributed by atoms with Crippen molar-refractivity contribution in [3.8, 4) is 11.5 Å². The van der Waals surface area contributed by atoms with Crippen LogP contribution in [0.15, 0.2) is 18.2 Å². The average molecular weight is 260 g/mol. The van der Waals surface area contributed by atoms with E-state index < -0.39 is 0 Å². The summed E-state index contributed by atoms with van der Waals surface area (Å²) in [4.78, 5) is 11.0. The maximum Gasteiger partial charge on any atom is 0.161 e. The summed E-state index contributed by atoms with van der Waals surface area (Å²) < 4.78 is 10.3. The minimum absolute atomic E-state index is 0. The number of rotatable bonds is 5. The highest BCUT2D eigenvalue weighted by Crippen LogP contribution is 2.30. The summed E-state index contributed by atoms with van der Waals surface area (Å²) in [6, 6.07) is 5.13. The summed E-state index contributed by atoms with van der Waals surface area (Å²) >= 11 is 0. The van der Waals surface area contributed by atoms with Gasteiger partial charge in [-0.15, -0.1) is 12.4 Å². The lowest BCUT2D eigenvalue weighted by Gasteiger charge is -2.13. The lowest BCUT2D eigenvalue weighted by Crippen LogP contribution is -2.13. The zero-order chi connectivity index (χ0) is 12.1. The van der Waals surface area contributed by atoms with Crippen molar-refractivity contribution in [2.24, 2.45) is 5.73 Å². The molecule has 0 aliphatic heterocycles. The third-order valence-electron chi connectivity index (χ3n) is 2.34. The normalized spacial score (nSPS) is 11.3. The van der Waals surface area contributed by atoms with Crippen LogP contribution >= 0.6 is 12.4 Å². The number of carbonyl (C=O) groups excluding carboxylic acids is 1. The molecule has 5 heteroatoms. The van der Waals surface area contributed by atoms with Crippen LogP contribution in [0, 0.1) is 0 Å². The lowest BCUT2D eigenvalue weighted by molar-refractivity contribution is -0.117. The highest BCUT2D eigenvalue weighted by atomic mass is 35.5. The Bertz CT molecular complexity index is 382. The molecule has 1 aromatic rings. The molecule has 0 aliphatic rings. The Labute approximate surface area is 108 Å². The van der Waals surface area contributed by atoms with E-state index in [1.807, 2.05) is 6.07 Å². The third-order valence-corrected chi connectivity index (χ3v) is 2.34. The Morgan fingerprint density at radius 3 is 2.35 bits per heavy atom. The molecule has 0 saturated heterocycles. The fraction of sp³-hybridized carbons (Fsp3) is 0.417. The SMILES string of the molecule is COc1ccc([C@H](N)CC(C)=O)cc1OC.Cl. The number of carbonyl (C=O) groups is 1. The molecule has 1 aromatic carbocycles. The molecular weight excluding hydrogens is 242 g/mol. The smallest absolute Gasteiger partial charge is 0.161 e. The van der Waals surface area contributed by atoms with E-state index in [-0.39, 0.29) is 24.2 Å². The van der Waals surface area contributed by atoms with Crippen LogP contribution in [0.3, 0.4) is 0 Å². The molecule has 0 aromatic heterocycles. The molecular formula is C12H18ClNO3. The predicted octanol–water partition coefficient (Wildman–Crippen LogP) is 2.10. The topological polar surface area (TPSA) is 61.5 Å². The highest BCUT2D eigenvalue weighted by molar-refractivity contribution is 5.85. The summed E-state index contributed by atoms with van der Waals surface area (Å²) in [5, 5.41) is 0. The Balaban J connectivity index is 0.00000256. The Kier molecular flexibility index (Phi) is 6.61. The number of ether oxygens (including phenoxy) is 2. The van der Waals surface area contributed by atoms with Gasteiger partial charge in [-0.25, -0.2) is 0 Å². The molecule has 0 saturated carbocycles. The molecule has 0 heterocycles. The van der Waals surface area contributed by atoms with Crippen LogP contribution < -0.4 is 15.2 Å². The fourth-order valence-corrected chi connectivity index (χ4v) is 1.51. The van der Waals surface area contributed by atoms with Crippen LogP contribution in [-0.4, -0.2) is 20.0 Å². The summed E-state index contributed by atoms with van der Waals surface area (Å²) in [5.74, 6) is 1.35. The molecule has 0 unspecified atom stereocenters. The van der Waals surface area contributed by atoms with Gasteiger partial charge in [0.05, 0.1) is 14.2 Å². The van der Waals surface area contributed by atoms with E-state index in [2.05, 4.69) is 0 Å². The van der Waals surface area contributed by atoms with Crippen LogP contribution in [0.1, 0.15) is 24.9 Å². The lowest BCUT2D eigenvalue weighted by atomic mass is 10.0.